The second kappa shape index (κ2) is 25.7. The molecular weight excluding hydrogens is 850 g/mol. The average molecular weight is 904 g/mol. The van der Waals surface area contributed by atoms with Gasteiger partial charge in [-0.15, -0.1) is 0 Å². The first-order valence-electron chi connectivity index (χ1n) is 19.2. The molecule has 1 rings (SSSR count). The number of nitrogens with zero attached hydrogens (tertiary/aromatic N) is 1. The van der Waals surface area contributed by atoms with Gasteiger partial charge < -0.3 is 78.9 Å². The summed E-state index contributed by atoms with van der Waals surface area (Å²) in [6.07, 6.45) is -5.26. The van der Waals surface area contributed by atoms with Crippen LogP contribution in [0.15, 0.2) is 0 Å². The monoisotopic (exact) mass is 903 g/mol. The molecule has 1 saturated heterocycles. The van der Waals surface area contributed by atoms with Gasteiger partial charge in [0.05, 0.1) is 31.9 Å². The number of aliphatic hydroxyl groups excluding tert-OH is 1. The van der Waals surface area contributed by atoms with Gasteiger partial charge in [0.1, 0.15) is 42.3 Å². The van der Waals surface area contributed by atoms with E-state index in [0.29, 0.717) is 0 Å². The molecule has 0 aliphatic carbocycles. The predicted octanol–water partition coefficient (Wildman–Crippen LogP) is -6.50. The molecule has 352 valence electrons. The zero-order chi connectivity index (χ0) is 48.3. The van der Waals surface area contributed by atoms with Crippen LogP contribution < -0.4 is 43.4 Å². The summed E-state index contributed by atoms with van der Waals surface area (Å²) in [4.78, 5) is 163. The van der Waals surface area contributed by atoms with E-state index in [1.165, 1.54) is 13.8 Å². The van der Waals surface area contributed by atoms with E-state index in [0.717, 1.165) is 4.90 Å². The van der Waals surface area contributed by atoms with Crippen molar-refractivity contribution >= 4 is 77.1 Å². The number of carbonyl (C=O) groups excluding carboxylic acids is 8. The molecule has 1 heterocycles. The molecule has 0 aromatic rings. The minimum Gasteiger partial charge on any atom is -0.481 e. The van der Waals surface area contributed by atoms with E-state index in [4.69, 9.17) is 21.7 Å². The maximum atomic E-state index is 13.8. The maximum absolute atomic E-state index is 13.8. The van der Waals surface area contributed by atoms with E-state index in [1.54, 1.807) is 0 Å². The third kappa shape index (κ3) is 18.7. The Labute approximate surface area is 357 Å². The number of carbonyl (C=O) groups is 13. The summed E-state index contributed by atoms with van der Waals surface area (Å²) in [5.41, 5.74) is 11.0. The van der Waals surface area contributed by atoms with Crippen molar-refractivity contribution in [1.29, 1.82) is 0 Å². The smallest absolute Gasteiger partial charge is 0.328 e. The second-order valence-corrected chi connectivity index (χ2v) is 14.6. The number of aliphatic hydroxyl groups is 1. The summed E-state index contributed by atoms with van der Waals surface area (Å²) in [5.74, 6) is -17.8. The molecule has 1 aliphatic rings. The van der Waals surface area contributed by atoms with Crippen LogP contribution in [0, 0.1) is 5.92 Å². The maximum Gasteiger partial charge on any atom is 0.328 e. The molecule has 0 aromatic heterocycles. The number of nitrogens with two attached hydrogens (primary N) is 2. The lowest BCUT2D eigenvalue weighted by Crippen LogP contribution is -2.61. The van der Waals surface area contributed by atoms with Gasteiger partial charge in [-0.25, -0.2) is 4.79 Å². The van der Waals surface area contributed by atoms with Crippen LogP contribution in [0.1, 0.15) is 71.6 Å². The Kier molecular flexibility index (Phi) is 22.1. The van der Waals surface area contributed by atoms with Crippen LogP contribution in [0.5, 0.6) is 0 Å². The number of rotatable bonds is 28. The summed E-state index contributed by atoms with van der Waals surface area (Å²) in [5, 5.41) is 67.9. The number of likely N-dealkylation sites (tertiary alicyclic amines) is 1. The van der Waals surface area contributed by atoms with Gasteiger partial charge in [-0.05, 0) is 31.6 Å². The van der Waals surface area contributed by atoms with E-state index < -0.39 is 176 Å². The molecule has 1 aliphatic heterocycles. The molecule has 0 saturated carbocycles. The Morgan fingerprint density at radius 3 is 1.51 bits per heavy atom. The summed E-state index contributed by atoms with van der Waals surface area (Å²) in [6, 6.07) is -13.8. The van der Waals surface area contributed by atoms with Gasteiger partial charge in [0.15, 0.2) is 0 Å². The fourth-order valence-corrected chi connectivity index (χ4v) is 5.95. The Morgan fingerprint density at radius 1 is 0.587 bits per heavy atom. The normalized spacial score (nSPS) is 16.7. The quantitative estimate of drug-likeness (QED) is 0.0347. The highest BCUT2D eigenvalue weighted by Crippen LogP contribution is 2.20. The summed E-state index contributed by atoms with van der Waals surface area (Å²) in [7, 11) is 0. The molecule has 63 heavy (non-hydrogen) atoms. The van der Waals surface area contributed by atoms with Gasteiger partial charge in [0.2, 0.25) is 47.3 Å². The predicted molar refractivity (Wildman–Crippen MR) is 206 cm³/mol. The minimum absolute atomic E-state index is 0.0388. The molecule has 28 nitrogen and oxygen atoms in total. The SMILES string of the molecule is CC(C)[C@H](NC(=O)[C@@H]1CCCN1C(=O)[C@H](CC(N)=O)NC(=O)[C@H](CC(=O)O)NC(=O)[C@@H](N)CCC(=O)O)C(=O)N[C@@H](CCC(=O)O)C(=O)N[C@@H](CC(=O)O)C(=O)N[C@@H](CO)C(=O)O. The van der Waals surface area contributed by atoms with E-state index >= 15 is 0 Å². The van der Waals surface area contributed by atoms with Gasteiger partial charge in [-0.3, -0.25) is 57.5 Å². The van der Waals surface area contributed by atoms with Crippen molar-refractivity contribution in [3.05, 3.63) is 0 Å². The zero-order valence-electron chi connectivity index (χ0n) is 34.1. The van der Waals surface area contributed by atoms with Gasteiger partial charge in [0.25, 0.3) is 0 Å². The van der Waals surface area contributed by atoms with Crippen LogP contribution in [0.4, 0.5) is 0 Å². The Balaban J connectivity index is 3.32. The van der Waals surface area contributed by atoms with Crippen LogP contribution in [-0.4, -0.2) is 174 Å². The highest BCUT2D eigenvalue weighted by atomic mass is 16.4. The molecule has 0 spiro atoms. The third-order valence-electron chi connectivity index (χ3n) is 9.21. The summed E-state index contributed by atoms with van der Waals surface area (Å²) >= 11 is 0. The lowest BCUT2D eigenvalue weighted by atomic mass is 10.0. The average Bonchev–Trinajstić information content (AvgIpc) is 3.67. The highest BCUT2D eigenvalue weighted by Gasteiger charge is 2.41. The standard InChI is InChI=1S/C35H53N9O19/c1-14(2)27(33(60)38-16(6-8-24(49)50)29(56)40-18(12-26(53)54)31(58)42-20(13-45)35(62)63)43-32(59)21-4-3-9-44(21)34(61)19(10-22(37)46)41-30(57)17(11-25(51)52)39-28(55)15(36)5-7-23(47)48/h14-21,27,45H,3-13,36H2,1-2H3,(H2,37,46)(H,38,60)(H,39,55)(H,40,56)(H,41,57)(H,42,58)(H,43,59)(H,47,48)(H,49,50)(H,51,52)(H,53,54)(H,62,63)/t15-,16-,17-,18-,19-,20-,21-,27-/m0/s1. The van der Waals surface area contributed by atoms with Crippen LogP contribution >= 0.6 is 0 Å². The number of hydrogen-bond acceptors (Lipinski definition) is 15. The van der Waals surface area contributed by atoms with Crippen LogP contribution in [-0.2, 0) is 62.3 Å². The first-order chi connectivity index (χ1) is 29.3. The number of amides is 8. The van der Waals surface area contributed by atoms with Crippen molar-refractivity contribution in [2.45, 2.75) is 120 Å². The first kappa shape index (κ1) is 54.0. The van der Waals surface area contributed by atoms with Crippen molar-refractivity contribution < 1.29 is 93.0 Å². The fraction of sp³-hybridized carbons (Fsp3) is 0.629. The lowest BCUT2D eigenvalue weighted by Gasteiger charge is -2.31. The Bertz CT molecular complexity index is 1780. The fourth-order valence-electron chi connectivity index (χ4n) is 5.95. The molecule has 0 unspecified atom stereocenters. The first-order valence-corrected chi connectivity index (χ1v) is 19.2. The molecule has 1 fully saturated rings. The van der Waals surface area contributed by atoms with Crippen molar-refractivity contribution in [1.82, 2.24) is 36.8 Å². The number of hydrogen-bond donors (Lipinski definition) is 14. The summed E-state index contributed by atoms with van der Waals surface area (Å²) < 4.78 is 0. The van der Waals surface area contributed by atoms with Crippen molar-refractivity contribution in [3.63, 3.8) is 0 Å². The van der Waals surface area contributed by atoms with E-state index in [-0.39, 0.29) is 25.8 Å². The number of carboxylic acid groups (broad SMARTS) is 5. The minimum atomic E-state index is -1.99. The van der Waals surface area contributed by atoms with E-state index in [1.807, 2.05) is 10.6 Å². The van der Waals surface area contributed by atoms with Gasteiger partial charge in [-0.1, -0.05) is 13.8 Å². The van der Waals surface area contributed by atoms with E-state index in [9.17, 15) is 82.8 Å². The lowest BCUT2D eigenvalue weighted by molar-refractivity contribution is -0.145. The van der Waals surface area contributed by atoms with Gasteiger partial charge in [0, 0.05) is 19.4 Å². The molecular formula is C35H53N9O19. The third-order valence-corrected chi connectivity index (χ3v) is 9.21. The topological polar surface area (TPSA) is 471 Å². The molecule has 8 atom stereocenters. The number of nitrogens with one attached hydrogen (secondary N) is 6. The highest BCUT2D eigenvalue weighted by molar-refractivity contribution is 6.00. The van der Waals surface area contributed by atoms with Crippen LogP contribution in [0.2, 0.25) is 0 Å². The molecule has 28 heteroatoms. The van der Waals surface area contributed by atoms with E-state index in [2.05, 4.69) is 21.3 Å². The van der Waals surface area contributed by atoms with Crippen LogP contribution in [0.3, 0.4) is 0 Å². The molecule has 0 bridgehead atoms. The number of aliphatic carboxylic acids is 5. The number of carboxylic acids is 5. The van der Waals surface area contributed by atoms with Crippen molar-refractivity contribution in [2.24, 2.45) is 17.4 Å². The number of primary amides is 1. The summed E-state index contributed by atoms with van der Waals surface area (Å²) in [6.45, 7) is 1.64. The van der Waals surface area contributed by atoms with Gasteiger partial charge in [-0.2, -0.15) is 0 Å². The largest absolute Gasteiger partial charge is 0.481 e. The zero-order valence-corrected chi connectivity index (χ0v) is 34.1. The molecule has 8 amide bonds. The Hall–Kier alpha value is -6.97. The van der Waals surface area contributed by atoms with Crippen molar-refractivity contribution in [3.8, 4) is 0 Å². The second-order valence-electron chi connectivity index (χ2n) is 14.6. The molecule has 0 aromatic carbocycles. The van der Waals surface area contributed by atoms with Gasteiger partial charge >= 0.3 is 29.8 Å². The molecule has 0 radical (unpaired) electrons. The van der Waals surface area contributed by atoms with Crippen LogP contribution in [0.25, 0.3) is 0 Å². The molecule has 16 N–H and O–H groups in total. The van der Waals surface area contributed by atoms with Crippen molar-refractivity contribution in [2.75, 3.05) is 13.2 Å². The Morgan fingerprint density at radius 2 is 1.05 bits per heavy atom.